The summed E-state index contributed by atoms with van der Waals surface area (Å²) in [7, 11) is 0. The molecule has 112 valence electrons. The lowest BCUT2D eigenvalue weighted by molar-refractivity contribution is 0.117. The van der Waals surface area contributed by atoms with Crippen LogP contribution >= 0.6 is 43.5 Å². The quantitative estimate of drug-likeness (QED) is 0.690. The van der Waals surface area contributed by atoms with Crippen molar-refractivity contribution in [2.45, 2.75) is 6.10 Å². The Morgan fingerprint density at radius 2 is 1.71 bits per heavy atom. The van der Waals surface area contributed by atoms with Gasteiger partial charge in [0.25, 0.3) is 0 Å². The number of para-hydroxylation sites is 1. The molecule has 0 radical (unpaired) electrons. The molecule has 0 aliphatic carbocycles. The van der Waals surface area contributed by atoms with Gasteiger partial charge in [-0.2, -0.15) is 0 Å². The Morgan fingerprint density at radius 3 is 2.33 bits per heavy atom. The second-order valence-corrected chi connectivity index (χ2v) is 6.54. The lowest BCUT2D eigenvalue weighted by Gasteiger charge is -2.15. The van der Waals surface area contributed by atoms with Gasteiger partial charge in [0, 0.05) is 20.5 Å². The Balaban J connectivity index is 1.82. The first-order valence-corrected chi connectivity index (χ1v) is 8.27. The van der Waals surface area contributed by atoms with Crippen molar-refractivity contribution in [3.8, 4) is 5.75 Å². The van der Waals surface area contributed by atoms with Gasteiger partial charge in [0.1, 0.15) is 18.5 Å². The van der Waals surface area contributed by atoms with Crippen LogP contribution in [0.3, 0.4) is 0 Å². The van der Waals surface area contributed by atoms with E-state index in [-0.39, 0.29) is 6.61 Å². The first-order valence-electron chi connectivity index (χ1n) is 6.30. The van der Waals surface area contributed by atoms with E-state index in [0.717, 1.165) is 14.6 Å². The minimum atomic E-state index is -0.625. The van der Waals surface area contributed by atoms with Crippen molar-refractivity contribution in [2.75, 3.05) is 18.5 Å². The minimum Gasteiger partial charge on any atom is -0.491 e. The highest BCUT2D eigenvalue weighted by Crippen LogP contribution is 2.30. The number of benzene rings is 2. The van der Waals surface area contributed by atoms with Crippen LogP contribution in [0, 0.1) is 0 Å². The van der Waals surface area contributed by atoms with Gasteiger partial charge in [-0.05, 0) is 68.3 Å². The minimum absolute atomic E-state index is 0.205. The van der Waals surface area contributed by atoms with E-state index >= 15 is 0 Å². The number of nitrogens with one attached hydrogen (secondary N) is 1. The fourth-order valence-corrected chi connectivity index (χ4v) is 3.07. The maximum atomic E-state index is 9.96. The fourth-order valence-electron chi connectivity index (χ4n) is 1.67. The van der Waals surface area contributed by atoms with Crippen LogP contribution < -0.4 is 10.1 Å². The van der Waals surface area contributed by atoms with Gasteiger partial charge in [0.05, 0.1) is 5.69 Å². The van der Waals surface area contributed by atoms with Gasteiger partial charge in [0.15, 0.2) is 0 Å². The van der Waals surface area contributed by atoms with Gasteiger partial charge in [-0.15, -0.1) is 0 Å². The summed E-state index contributed by atoms with van der Waals surface area (Å²) >= 11 is 12.7. The molecule has 1 atom stereocenters. The Bertz CT molecular complexity index is 572. The van der Waals surface area contributed by atoms with E-state index < -0.39 is 6.10 Å². The van der Waals surface area contributed by atoms with Crippen molar-refractivity contribution >= 4 is 49.1 Å². The van der Waals surface area contributed by atoms with Crippen LogP contribution in [0.15, 0.2) is 51.4 Å². The average Bonchev–Trinajstić information content (AvgIpc) is 2.46. The monoisotopic (exact) mass is 433 g/mol. The van der Waals surface area contributed by atoms with Crippen molar-refractivity contribution < 1.29 is 9.84 Å². The second-order valence-electron chi connectivity index (χ2n) is 4.40. The van der Waals surface area contributed by atoms with E-state index in [4.69, 9.17) is 16.3 Å². The number of hydrogen-bond donors (Lipinski definition) is 2. The number of hydrogen-bond acceptors (Lipinski definition) is 3. The van der Waals surface area contributed by atoms with Crippen molar-refractivity contribution in [1.29, 1.82) is 0 Å². The molecular formula is C15H14Br2ClNO2. The molecule has 0 heterocycles. The molecule has 6 heteroatoms. The number of anilines is 1. The van der Waals surface area contributed by atoms with E-state index in [0.29, 0.717) is 17.3 Å². The molecular weight excluding hydrogens is 421 g/mol. The third kappa shape index (κ3) is 5.18. The summed E-state index contributed by atoms with van der Waals surface area (Å²) in [6.07, 6.45) is -0.625. The zero-order valence-corrected chi connectivity index (χ0v) is 15.0. The zero-order chi connectivity index (χ0) is 15.2. The van der Waals surface area contributed by atoms with Gasteiger partial charge in [0.2, 0.25) is 0 Å². The molecule has 0 saturated heterocycles. The molecule has 0 aromatic heterocycles. The van der Waals surface area contributed by atoms with Crippen molar-refractivity contribution in [3.63, 3.8) is 0 Å². The molecule has 2 aromatic rings. The number of rotatable bonds is 6. The fraction of sp³-hybridized carbons (Fsp3) is 0.200. The van der Waals surface area contributed by atoms with Crippen LogP contribution in [0.2, 0.25) is 5.02 Å². The smallest absolute Gasteiger partial charge is 0.119 e. The van der Waals surface area contributed by atoms with Crippen LogP contribution in [0.4, 0.5) is 5.69 Å². The van der Waals surface area contributed by atoms with Gasteiger partial charge < -0.3 is 15.2 Å². The number of ether oxygens (including phenoxy) is 1. The van der Waals surface area contributed by atoms with Crippen LogP contribution in [-0.2, 0) is 0 Å². The largest absolute Gasteiger partial charge is 0.491 e. The number of aliphatic hydroxyl groups is 1. The SMILES string of the molecule is OC(CNc1c(Br)cccc1Br)COc1ccc(Cl)cc1. The standard InChI is InChI=1S/C15H14Br2ClNO2/c16-13-2-1-3-14(17)15(13)19-8-11(20)9-21-12-6-4-10(18)5-7-12/h1-7,11,19-20H,8-9H2. The Kier molecular flexibility index (Phi) is 6.36. The summed E-state index contributed by atoms with van der Waals surface area (Å²) in [4.78, 5) is 0. The summed E-state index contributed by atoms with van der Waals surface area (Å²) in [5.41, 5.74) is 0.906. The maximum Gasteiger partial charge on any atom is 0.119 e. The molecule has 3 nitrogen and oxygen atoms in total. The summed E-state index contributed by atoms with van der Waals surface area (Å²) in [6, 6.07) is 12.8. The molecule has 0 bridgehead atoms. The third-order valence-electron chi connectivity index (χ3n) is 2.73. The van der Waals surface area contributed by atoms with E-state index in [1.54, 1.807) is 24.3 Å². The summed E-state index contributed by atoms with van der Waals surface area (Å²) < 4.78 is 7.37. The highest BCUT2D eigenvalue weighted by molar-refractivity contribution is 9.11. The van der Waals surface area contributed by atoms with Gasteiger partial charge in [-0.1, -0.05) is 17.7 Å². The lowest BCUT2D eigenvalue weighted by atomic mass is 10.3. The second kappa shape index (κ2) is 8.03. The molecule has 2 N–H and O–H groups in total. The molecule has 2 aromatic carbocycles. The summed E-state index contributed by atoms with van der Waals surface area (Å²) in [6.45, 7) is 0.589. The first kappa shape index (κ1) is 16.6. The Labute approximate surface area is 145 Å². The third-order valence-corrected chi connectivity index (χ3v) is 4.31. The van der Waals surface area contributed by atoms with Gasteiger partial charge in [-0.3, -0.25) is 0 Å². The predicted molar refractivity (Wildman–Crippen MR) is 93.3 cm³/mol. The topological polar surface area (TPSA) is 41.5 Å². The highest BCUT2D eigenvalue weighted by Gasteiger charge is 2.09. The molecule has 0 amide bonds. The molecule has 0 fully saturated rings. The van der Waals surface area contributed by atoms with E-state index in [1.807, 2.05) is 18.2 Å². The van der Waals surface area contributed by atoms with E-state index in [9.17, 15) is 5.11 Å². The van der Waals surface area contributed by atoms with Crippen LogP contribution in [-0.4, -0.2) is 24.4 Å². The van der Waals surface area contributed by atoms with Crippen molar-refractivity contribution in [2.24, 2.45) is 0 Å². The highest BCUT2D eigenvalue weighted by atomic mass is 79.9. The summed E-state index contributed by atoms with van der Waals surface area (Å²) in [5.74, 6) is 0.681. The Morgan fingerprint density at radius 1 is 1.10 bits per heavy atom. The molecule has 0 aliphatic heterocycles. The van der Waals surface area contributed by atoms with Crippen LogP contribution in [0.5, 0.6) is 5.75 Å². The summed E-state index contributed by atoms with van der Waals surface area (Å²) in [5, 5.41) is 13.8. The molecule has 0 saturated carbocycles. The van der Waals surface area contributed by atoms with E-state index in [2.05, 4.69) is 37.2 Å². The van der Waals surface area contributed by atoms with Crippen LogP contribution in [0.25, 0.3) is 0 Å². The van der Waals surface area contributed by atoms with Gasteiger partial charge in [-0.25, -0.2) is 0 Å². The first-order chi connectivity index (χ1) is 10.1. The molecule has 0 spiro atoms. The van der Waals surface area contributed by atoms with Crippen molar-refractivity contribution in [3.05, 3.63) is 56.4 Å². The normalized spacial score (nSPS) is 12.0. The Hall–Kier alpha value is -0.750. The van der Waals surface area contributed by atoms with Crippen LogP contribution in [0.1, 0.15) is 0 Å². The predicted octanol–water partition coefficient (Wildman–Crippen LogP) is 4.72. The zero-order valence-electron chi connectivity index (χ0n) is 11.0. The molecule has 0 aliphatic rings. The van der Waals surface area contributed by atoms with Crippen molar-refractivity contribution in [1.82, 2.24) is 0 Å². The van der Waals surface area contributed by atoms with E-state index in [1.165, 1.54) is 0 Å². The average molecular weight is 436 g/mol. The number of aliphatic hydroxyl groups excluding tert-OH is 1. The molecule has 21 heavy (non-hydrogen) atoms. The number of halogens is 3. The lowest BCUT2D eigenvalue weighted by Crippen LogP contribution is -2.26. The molecule has 1 unspecified atom stereocenters. The molecule has 2 rings (SSSR count). The maximum absolute atomic E-state index is 9.96. The van der Waals surface area contributed by atoms with Gasteiger partial charge >= 0.3 is 0 Å².